The summed E-state index contributed by atoms with van der Waals surface area (Å²) in [7, 11) is 5.70. The summed E-state index contributed by atoms with van der Waals surface area (Å²) in [5.41, 5.74) is 3.26. The van der Waals surface area contributed by atoms with Crippen molar-refractivity contribution in [2.24, 2.45) is 7.05 Å². The van der Waals surface area contributed by atoms with Crippen LogP contribution in [0.5, 0.6) is 5.75 Å². The molecule has 0 aliphatic rings. The zero-order chi connectivity index (χ0) is 13.4. The molecule has 100 valence electrons. The number of nitrogens with one attached hydrogen (secondary N) is 1. The molecule has 2 aromatic heterocycles. The second-order valence-corrected chi connectivity index (χ2v) is 4.64. The number of aryl methyl sites for hydroxylation is 1. The first-order valence-corrected chi connectivity index (χ1v) is 6.40. The number of ether oxygens (including phenoxy) is 1. The Morgan fingerprint density at radius 1 is 1.37 bits per heavy atom. The van der Waals surface area contributed by atoms with E-state index >= 15 is 0 Å². The van der Waals surface area contributed by atoms with Crippen LogP contribution in [-0.4, -0.2) is 34.7 Å². The van der Waals surface area contributed by atoms with Crippen molar-refractivity contribution in [2.75, 3.05) is 20.7 Å². The average Bonchev–Trinajstić information content (AvgIpc) is 2.94. The molecule has 0 aliphatic heterocycles. The fourth-order valence-corrected chi connectivity index (χ4v) is 2.46. The number of hydrogen-bond donors (Lipinski definition) is 1. The first kappa shape index (κ1) is 12.0. The molecule has 0 bridgehead atoms. The number of rotatable bonds is 4. The lowest BCUT2D eigenvalue weighted by molar-refractivity contribution is 0.419. The van der Waals surface area contributed by atoms with Crippen molar-refractivity contribution in [3.8, 4) is 5.75 Å². The van der Waals surface area contributed by atoms with Gasteiger partial charge in [-0.3, -0.25) is 4.40 Å². The van der Waals surface area contributed by atoms with Crippen LogP contribution in [0.4, 0.5) is 0 Å². The molecule has 1 aromatic carbocycles. The van der Waals surface area contributed by atoms with E-state index in [1.807, 2.05) is 19.2 Å². The first-order chi connectivity index (χ1) is 9.26. The Kier molecular flexibility index (Phi) is 2.91. The highest BCUT2D eigenvalue weighted by Gasteiger charge is 2.13. The van der Waals surface area contributed by atoms with Gasteiger partial charge >= 0.3 is 0 Å². The molecule has 5 heteroatoms. The molecule has 0 spiro atoms. The van der Waals surface area contributed by atoms with Crippen LogP contribution in [0.15, 0.2) is 24.4 Å². The molecular formula is C14H18N4O. The second kappa shape index (κ2) is 4.59. The molecule has 0 amide bonds. The molecular weight excluding hydrogens is 240 g/mol. The van der Waals surface area contributed by atoms with Crippen LogP contribution in [0.1, 0.15) is 5.69 Å². The third-order valence-electron chi connectivity index (χ3n) is 3.52. The fraction of sp³-hybridized carbons (Fsp3) is 0.357. The molecule has 3 rings (SSSR count). The highest BCUT2D eigenvalue weighted by atomic mass is 16.5. The van der Waals surface area contributed by atoms with E-state index in [4.69, 9.17) is 9.72 Å². The summed E-state index contributed by atoms with van der Waals surface area (Å²) in [6, 6.07) is 6.01. The maximum absolute atomic E-state index is 5.37. The Bertz CT molecular complexity index is 726. The molecule has 0 atom stereocenters. The zero-order valence-corrected chi connectivity index (χ0v) is 11.5. The van der Waals surface area contributed by atoms with Crippen LogP contribution in [0.3, 0.4) is 0 Å². The van der Waals surface area contributed by atoms with E-state index in [2.05, 4.69) is 33.6 Å². The van der Waals surface area contributed by atoms with Gasteiger partial charge in [-0.15, -0.1) is 0 Å². The molecule has 0 unspecified atom stereocenters. The maximum Gasteiger partial charge on any atom is 0.215 e. The zero-order valence-electron chi connectivity index (χ0n) is 11.5. The van der Waals surface area contributed by atoms with Crippen LogP contribution >= 0.6 is 0 Å². The van der Waals surface area contributed by atoms with E-state index in [0.717, 1.165) is 35.5 Å². The Morgan fingerprint density at radius 2 is 2.21 bits per heavy atom. The monoisotopic (exact) mass is 258 g/mol. The summed E-state index contributed by atoms with van der Waals surface area (Å²) < 4.78 is 9.63. The highest BCUT2D eigenvalue weighted by Crippen LogP contribution is 2.26. The molecule has 3 aromatic rings. The maximum atomic E-state index is 5.37. The minimum Gasteiger partial charge on any atom is -0.494 e. The van der Waals surface area contributed by atoms with E-state index in [1.165, 1.54) is 5.69 Å². The van der Waals surface area contributed by atoms with Crippen molar-refractivity contribution < 1.29 is 4.74 Å². The number of likely N-dealkylation sites (N-methyl/N-ethyl adjacent to an activating group) is 1. The SMILES string of the molecule is CNCCc1cn2c3cccc(OC)c3nc2n1C. The number of fused-ring (bicyclic) bond motifs is 3. The lowest BCUT2D eigenvalue weighted by atomic mass is 10.3. The fourth-order valence-electron chi connectivity index (χ4n) is 2.46. The van der Waals surface area contributed by atoms with Gasteiger partial charge in [0, 0.05) is 31.9 Å². The second-order valence-electron chi connectivity index (χ2n) is 4.64. The average molecular weight is 258 g/mol. The Balaban J connectivity index is 2.21. The third-order valence-corrected chi connectivity index (χ3v) is 3.52. The van der Waals surface area contributed by atoms with E-state index < -0.39 is 0 Å². The van der Waals surface area contributed by atoms with E-state index in [-0.39, 0.29) is 0 Å². The van der Waals surface area contributed by atoms with Crippen molar-refractivity contribution in [3.63, 3.8) is 0 Å². The minimum absolute atomic E-state index is 0.818. The molecule has 0 aliphatic carbocycles. The van der Waals surface area contributed by atoms with Crippen LogP contribution < -0.4 is 10.1 Å². The smallest absolute Gasteiger partial charge is 0.215 e. The van der Waals surface area contributed by atoms with E-state index in [0.29, 0.717) is 0 Å². The molecule has 5 nitrogen and oxygen atoms in total. The Morgan fingerprint density at radius 3 is 2.95 bits per heavy atom. The number of nitrogens with zero attached hydrogens (tertiary/aromatic N) is 3. The third kappa shape index (κ3) is 1.77. The molecule has 1 N–H and O–H groups in total. The summed E-state index contributed by atoms with van der Waals surface area (Å²) in [4.78, 5) is 4.69. The molecule has 0 fully saturated rings. The van der Waals surface area contributed by atoms with Crippen molar-refractivity contribution in [1.29, 1.82) is 0 Å². The number of para-hydroxylation sites is 1. The number of imidazole rings is 2. The summed E-state index contributed by atoms with van der Waals surface area (Å²) in [5, 5.41) is 3.17. The van der Waals surface area contributed by atoms with E-state index in [1.54, 1.807) is 7.11 Å². The standard InChI is InChI=1S/C14H18N4O/c1-15-8-7-10-9-18-11-5-4-6-12(19-3)13(11)16-14(18)17(10)2/h4-6,9,15H,7-8H2,1-3H3. The first-order valence-electron chi connectivity index (χ1n) is 6.40. The van der Waals surface area contributed by atoms with Gasteiger partial charge in [0.2, 0.25) is 5.78 Å². The van der Waals surface area contributed by atoms with Gasteiger partial charge in [-0.25, -0.2) is 4.98 Å². The van der Waals surface area contributed by atoms with Gasteiger partial charge in [-0.1, -0.05) is 6.07 Å². The minimum atomic E-state index is 0.818. The van der Waals surface area contributed by atoms with Crippen molar-refractivity contribution in [1.82, 2.24) is 19.3 Å². The molecule has 19 heavy (non-hydrogen) atoms. The van der Waals surface area contributed by atoms with Crippen LogP contribution in [0, 0.1) is 0 Å². The lowest BCUT2D eigenvalue weighted by Crippen LogP contribution is -2.12. The number of benzene rings is 1. The van der Waals surface area contributed by atoms with Gasteiger partial charge in [-0.05, 0) is 19.2 Å². The van der Waals surface area contributed by atoms with Crippen molar-refractivity contribution in [2.45, 2.75) is 6.42 Å². The topological polar surface area (TPSA) is 43.5 Å². The number of methoxy groups -OCH3 is 1. The van der Waals surface area contributed by atoms with Gasteiger partial charge in [0.15, 0.2) is 0 Å². The summed E-state index contributed by atoms with van der Waals surface area (Å²) >= 11 is 0. The largest absolute Gasteiger partial charge is 0.494 e. The molecule has 0 radical (unpaired) electrons. The van der Waals surface area contributed by atoms with Crippen molar-refractivity contribution in [3.05, 3.63) is 30.1 Å². The van der Waals surface area contributed by atoms with Gasteiger partial charge < -0.3 is 14.6 Å². The lowest BCUT2D eigenvalue weighted by Gasteiger charge is -2.02. The van der Waals surface area contributed by atoms with Gasteiger partial charge in [0.05, 0.1) is 12.6 Å². The quantitative estimate of drug-likeness (QED) is 0.773. The predicted molar refractivity (Wildman–Crippen MR) is 75.9 cm³/mol. The number of hydrogen-bond acceptors (Lipinski definition) is 3. The van der Waals surface area contributed by atoms with Gasteiger partial charge in [0.1, 0.15) is 11.3 Å². The van der Waals surface area contributed by atoms with E-state index in [9.17, 15) is 0 Å². The van der Waals surface area contributed by atoms with Crippen LogP contribution in [0.2, 0.25) is 0 Å². The Hall–Kier alpha value is -2.01. The molecule has 0 saturated carbocycles. The van der Waals surface area contributed by atoms with Crippen molar-refractivity contribution >= 4 is 16.8 Å². The molecule has 0 saturated heterocycles. The molecule has 2 heterocycles. The normalized spacial score (nSPS) is 11.5. The number of aromatic nitrogens is 3. The summed E-state index contributed by atoms with van der Waals surface area (Å²) in [5.74, 6) is 1.77. The summed E-state index contributed by atoms with van der Waals surface area (Å²) in [6.07, 6.45) is 3.14. The predicted octanol–water partition coefficient (Wildman–Crippen LogP) is 1.60. The highest BCUT2D eigenvalue weighted by molar-refractivity contribution is 5.85. The van der Waals surface area contributed by atoms with Gasteiger partial charge in [0.25, 0.3) is 0 Å². The van der Waals surface area contributed by atoms with Crippen LogP contribution in [-0.2, 0) is 13.5 Å². The Labute approximate surface area is 111 Å². The van der Waals surface area contributed by atoms with Gasteiger partial charge in [-0.2, -0.15) is 0 Å². The summed E-state index contributed by atoms with van der Waals surface area (Å²) in [6.45, 7) is 0.961. The van der Waals surface area contributed by atoms with Crippen LogP contribution in [0.25, 0.3) is 16.8 Å².